The summed E-state index contributed by atoms with van der Waals surface area (Å²) in [7, 11) is 0. The van der Waals surface area contributed by atoms with Crippen molar-refractivity contribution in [1.29, 1.82) is 10.5 Å². The first-order chi connectivity index (χ1) is 10.3. The molecule has 0 atom stereocenters. The van der Waals surface area contributed by atoms with Gasteiger partial charge in [0.1, 0.15) is 5.82 Å². The van der Waals surface area contributed by atoms with Crippen molar-refractivity contribution in [2.24, 2.45) is 0 Å². The molecule has 0 aromatic heterocycles. The van der Waals surface area contributed by atoms with E-state index in [0.29, 0.717) is 12.1 Å². The summed E-state index contributed by atoms with van der Waals surface area (Å²) >= 11 is 0. The summed E-state index contributed by atoms with van der Waals surface area (Å²) in [6, 6.07) is 2.85. The Balaban J connectivity index is 0. The van der Waals surface area contributed by atoms with E-state index in [4.69, 9.17) is 30.9 Å². The Bertz CT molecular complexity index is 565. The normalized spacial score (nSPS) is 10.9. The number of hydrogen-bond donors (Lipinski definition) is 4. The van der Waals surface area contributed by atoms with Gasteiger partial charge in [-0.2, -0.15) is 32.5 Å². The second-order valence-electron chi connectivity index (χ2n) is 3.42. The first kappa shape index (κ1) is 22.6. The lowest BCUT2D eigenvalue weighted by atomic mass is 9.98. The minimum Gasteiger partial charge on any atom is -0.443 e. The van der Waals surface area contributed by atoms with Crippen LogP contribution in [-0.2, 0) is 5.79 Å². The van der Waals surface area contributed by atoms with Gasteiger partial charge in [-0.3, -0.25) is 0 Å². The van der Waals surface area contributed by atoms with Gasteiger partial charge in [0.25, 0.3) is 18.3 Å². The largest absolute Gasteiger partial charge is 0.459 e. The van der Waals surface area contributed by atoms with Gasteiger partial charge in [0.2, 0.25) is 0 Å². The molecule has 0 unspecified atom stereocenters. The summed E-state index contributed by atoms with van der Waals surface area (Å²) in [5.74, 6) is -12.2. The van der Waals surface area contributed by atoms with Crippen LogP contribution in [0.15, 0.2) is 24.3 Å². The summed E-state index contributed by atoms with van der Waals surface area (Å²) in [4.78, 5) is 0. The van der Waals surface area contributed by atoms with E-state index in [1.165, 1.54) is 0 Å². The molecular formula is C11H8F6N2O4. The van der Waals surface area contributed by atoms with E-state index in [0.717, 1.165) is 24.6 Å². The van der Waals surface area contributed by atoms with E-state index in [2.05, 4.69) is 0 Å². The van der Waals surface area contributed by atoms with Crippen molar-refractivity contribution in [3.8, 4) is 12.5 Å². The fourth-order valence-electron chi connectivity index (χ4n) is 1.11. The summed E-state index contributed by atoms with van der Waals surface area (Å²) in [6.45, 7) is 0. The van der Waals surface area contributed by atoms with Crippen molar-refractivity contribution < 1.29 is 46.8 Å². The van der Waals surface area contributed by atoms with E-state index in [1.807, 2.05) is 0 Å². The number of nitrogens with zero attached hydrogens (tertiary/aromatic N) is 2. The molecule has 0 aliphatic carbocycles. The Morgan fingerprint density at radius 2 is 1.22 bits per heavy atom. The van der Waals surface area contributed by atoms with E-state index in [9.17, 15) is 26.3 Å². The van der Waals surface area contributed by atoms with Crippen molar-refractivity contribution in [2.75, 3.05) is 0 Å². The molecule has 0 spiro atoms. The third-order valence-electron chi connectivity index (χ3n) is 2.04. The van der Waals surface area contributed by atoms with Crippen LogP contribution in [0.25, 0.3) is 0 Å². The van der Waals surface area contributed by atoms with Crippen LogP contribution in [0.2, 0.25) is 0 Å². The van der Waals surface area contributed by atoms with Crippen LogP contribution in [0.1, 0.15) is 5.56 Å². The quantitative estimate of drug-likeness (QED) is 0.367. The van der Waals surface area contributed by atoms with Gasteiger partial charge < -0.3 is 20.4 Å². The van der Waals surface area contributed by atoms with Gasteiger partial charge in [-0.05, 0) is 6.07 Å². The highest BCUT2D eigenvalue weighted by Crippen LogP contribution is 2.47. The van der Waals surface area contributed by atoms with E-state index >= 15 is 0 Å². The van der Waals surface area contributed by atoms with Gasteiger partial charge in [0.05, 0.1) is 5.56 Å². The molecule has 0 radical (unpaired) electrons. The van der Waals surface area contributed by atoms with Gasteiger partial charge >= 0.3 is 12.1 Å². The number of hydrogen-bond acceptors (Lipinski definition) is 6. The van der Waals surface area contributed by atoms with Crippen LogP contribution < -0.4 is 0 Å². The number of aliphatic hydroxyl groups excluding tert-OH is 2. The lowest BCUT2D eigenvalue weighted by Gasteiger charge is -2.32. The zero-order chi connectivity index (χ0) is 18.9. The number of halogens is 6. The SMILES string of the molecule is N#CO.N#CO.OC(O)(c1ccccc1F)C(F)(F)C(F)(F)F. The lowest BCUT2D eigenvalue weighted by molar-refractivity contribution is -0.402. The van der Waals surface area contributed by atoms with Crippen molar-refractivity contribution in [3.63, 3.8) is 0 Å². The van der Waals surface area contributed by atoms with Gasteiger partial charge in [-0.15, -0.1) is 0 Å². The topological polar surface area (TPSA) is 128 Å². The lowest BCUT2D eigenvalue weighted by Crippen LogP contribution is -2.55. The van der Waals surface area contributed by atoms with Crippen LogP contribution in [0.3, 0.4) is 0 Å². The molecule has 0 amide bonds. The standard InChI is InChI=1S/C9H6F6O2.2CHNO/c10-6-4-2-1-3-5(6)7(16,17)8(11,12)9(13,14)15;2*2-1-3/h1-4,16-17H;2*3H. The Morgan fingerprint density at radius 3 is 1.52 bits per heavy atom. The highest BCUT2D eigenvalue weighted by atomic mass is 19.4. The Hall–Kier alpha value is -2.70. The minimum absolute atomic E-state index is 0.426. The number of nitriles is 2. The molecular weight excluding hydrogens is 338 g/mol. The Labute approximate surface area is 124 Å². The molecule has 6 nitrogen and oxygen atoms in total. The Kier molecular flexibility index (Phi) is 8.51. The first-order valence-electron chi connectivity index (χ1n) is 5.05. The highest BCUT2D eigenvalue weighted by molar-refractivity contribution is 5.24. The van der Waals surface area contributed by atoms with Gasteiger partial charge in [-0.25, -0.2) is 4.39 Å². The highest BCUT2D eigenvalue weighted by Gasteiger charge is 2.71. The summed E-state index contributed by atoms with van der Waals surface area (Å²) < 4.78 is 74.4. The number of rotatable bonds is 2. The number of alkyl halides is 5. The average molecular weight is 346 g/mol. The van der Waals surface area contributed by atoms with Crippen molar-refractivity contribution in [2.45, 2.75) is 17.9 Å². The monoisotopic (exact) mass is 346 g/mol. The van der Waals surface area contributed by atoms with Crippen molar-refractivity contribution >= 4 is 0 Å². The molecule has 0 aliphatic heterocycles. The maximum absolute atomic E-state index is 13.0. The third-order valence-corrected chi connectivity index (χ3v) is 2.04. The number of aliphatic hydroxyl groups is 4. The molecule has 12 heteroatoms. The fraction of sp³-hybridized carbons (Fsp3) is 0.273. The van der Waals surface area contributed by atoms with E-state index < -0.39 is 29.3 Å². The molecule has 0 bridgehead atoms. The molecule has 4 N–H and O–H groups in total. The molecule has 1 aromatic carbocycles. The second-order valence-corrected chi connectivity index (χ2v) is 3.42. The van der Waals surface area contributed by atoms with Crippen LogP contribution in [0, 0.1) is 28.9 Å². The molecule has 1 aromatic rings. The molecule has 0 heterocycles. The molecule has 0 aliphatic rings. The predicted molar refractivity (Wildman–Crippen MR) is 58.6 cm³/mol. The fourth-order valence-corrected chi connectivity index (χ4v) is 1.11. The average Bonchev–Trinajstić information content (AvgIpc) is 2.39. The van der Waals surface area contributed by atoms with E-state index in [-0.39, 0.29) is 0 Å². The molecule has 0 fully saturated rings. The van der Waals surface area contributed by atoms with Crippen LogP contribution in [-0.4, -0.2) is 32.5 Å². The smallest absolute Gasteiger partial charge is 0.443 e. The van der Waals surface area contributed by atoms with Crippen molar-refractivity contribution in [1.82, 2.24) is 0 Å². The zero-order valence-electron chi connectivity index (χ0n) is 10.8. The summed E-state index contributed by atoms with van der Waals surface area (Å²) in [6.07, 6.45) is -4.72. The molecule has 0 saturated heterocycles. The minimum atomic E-state index is -6.22. The molecule has 0 saturated carbocycles. The third kappa shape index (κ3) is 5.54. The maximum Gasteiger partial charge on any atom is 0.459 e. The molecule has 23 heavy (non-hydrogen) atoms. The van der Waals surface area contributed by atoms with Crippen LogP contribution in [0.4, 0.5) is 26.3 Å². The summed E-state index contributed by atoms with van der Waals surface area (Å²) in [5, 5.41) is 45.3. The van der Waals surface area contributed by atoms with Gasteiger partial charge in [0.15, 0.2) is 0 Å². The summed E-state index contributed by atoms with van der Waals surface area (Å²) in [5.41, 5.74) is -1.55. The first-order valence-corrected chi connectivity index (χ1v) is 5.05. The Morgan fingerprint density at radius 1 is 0.870 bits per heavy atom. The van der Waals surface area contributed by atoms with Crippen LogP contribution >= 0.6 is 0 Å². The van der Waals surface area contributed by atoms with Crippen molar-refractivity contribution in [3.05, 3.63) is 35.6 Å². The number of benzene rings is 1. The van der Waals surface area contributed by atoms with E-state index in [1.54, 1.807) is 0 Å². The predicted octanol–water partition coefficient (Wildman–Crippen LogP) is 1.84. The van der Waals surface area contributed by atoms with Gasteiger partial charge in [-0.1, -0.05) is 18.2 Å². The molecule has 128 valence electrons. The molecule has 1 rings (SSSR count). The zero-order valence-corrected chi connectivity index (χ0v) is 10.8. The van der Waals surface area contributed by atoms with Gasteiger partial charge in [0, 0.05) is 0 Å². The second kappa shape index (κ2) is 8.67. The maximum atomic E-state index is 13.0. The van der Waals surface area contributed by atoms with Crippen LogP contribution in [0.5, 0.6) is 0 Å².